The van der Waals surface area contributed by atoms with E-state index in [0.29, 0.717) is 41.9 Å². The molecule has 1 unspecified atom stereocenters. The fraction of sp³-hybridized carbons (Fsp3) is 0.300. The van der Waals surface area contributed by atoms with Gasteiger partial charge in [-0.05, 0) is 24.6 Å². The zero-order chi connectivity index (χ0) is 19.6. The number of hydrogen-bond donors (Lipinski definition) is 1. The number of ketones is 1. The second-order valence-corrected chi connectivity index (χ2v) is 7.01. The van der Waals surface area contributed by atoms with Gasteiger partial charge in [-0.3, -0.25) is 4.79 Å². The van der Waals surface area contributed by atoms with Crippen molar-refractivity contribution in [3.05, 3.63) is 51.0 Å². The zero-order valence-corrected chi connectivity index (χ0v) is 16.3. The number of terminal acetylenes is 1. The molecule has 0 amide bonds. The minimum absolute atomic E-state index is 0.0461. The summed E-state index contributed by atoms with van der Waals surface area (Å²) in [5, 5.41) is 0. The number of halogens is 1. The molecular weight excluding hydrogens is 414 g/mol. The Morgan fingerprint density at radius 3 is 2.93 bits per heavy atom. The normalized spacial score (nSPS) is 19.1. The molecule has 7 heteroatoms. The number of Topliss-reactive ketones (excluding diaryl/α,β-unsaturated/α-hetero) is 1. The van der Waals surface area contributed by atoms with E-state index >= 15 is 0 Å². The van der Waals surface area contributed by atoms with Gasteiger partial charge in [-0.25, -0.2) is 4.79 Å². The molecule has 6 nitrogen and oxygen atoms in total. The number of nitrogens with two attached hydrogens (primary N) is 1. The monoisotopic (exact) mass is 431 g/mol. The van der Waals surface area contributed by atoms with E-state index in [-0.39, 0.29) is 23.8 Å². The molecule has 1 heterocycles. The lowest BCUT2D eigenvalue weighted by Crippen LogP contribution is -2.31. The highest BCUT2D eigenvalue weighted by atomic mass is 79.9. The first kappa shape index (κ1) is 19.1. The molecule has 140 valence electrons. The molecule has 0 bridgehead atoms. The SMILES string of the molecule is C#CCOc1ccc(Br)cc1C1C(C(=O)OC)=C(N)OC2=C1C(=O)CCC2. The van der Waals surface area contributed by atoms with E-state index in [9.17, 15) is 9.59 Å². The van der Waals surface area contributed by atoms with E-state index in [0.717, 1.165) is 4.47 Å². The van der Waals surface area contributed by atoms with Crippen molar-refractivity contribution >= 4 is 27.7 Å². The second kappa shape index (κ2) is 7.89. The number of esters is 1. The van der Waals surface area contributed by atoms with Crippen molar-refractivity contribution in [1.29, 1.82) is 0 Å². The number of carbonyl (C=O) groups excluding carboxylic acids is 2. The summed E-state index contributed by atoms with van der Waals surface area (Å²) in [6.45, 7) is 0.0461. The number of hydrogen-bond acceptors (Lipinski definition) is 6. The van der Waals surface area contributed by atoms with Crippen LogP contribution in [0.1, 0.15) is 30.7 Å². The van der Waals surface area contributed by atoms with Gasteiger partial charge in [-0.1, -0.05) is 21.9 Å². The Bertz CT molecular complexity index is 909. The van der Waals surface area contributed by atoms with Crippen LogP contribution in [0.15, 0.2) is 45.5 Å². The Hall–Kier alpha value is -2.72. The van der Waals surface area contributed by atoms with Crippen LogP contribution in [0.5, 0.6) is 5.75 Å². The molecule has 3 rings (SSSR count). The predicted octanol–water partition coefficient (Wildman–Crippen LogP) is 2.93. The molecule has 0 fully saturated rings. The minimum Gasteiger partial charge on any atom is -0.481 e. The van der Waals surface area contributed by atoms with Crippen molar-refractivity contribution in [2.24, 2.45) is 5.73 Å². The molecular formula is C20H18BrNO5. The third-order valence-corrected chi connectivity index (χ3v) is 4.98. The minimum atomic E-state index is -0.751. The largest absolute Gasteiger partial charge is 0.481 e. The van der Waals surface area contributed by atoms with Crippen LogP contribution in [0, 0.1) is 12.3 Å². The first-order valence-corrected chi connectivity index (χ1v) is 9.15. The lowest BCUT2D eigenvalue weighted by atomic mass is 9.77. The van der Waals surface area contributed by atoms with Gasteiger partial charge in [0.05, 0.1) is 13.0 Å². The van der Waals surface area contributed by atoms with Crippen LogP contribution < -0.4 is 10.5 Å². The zero-order valence-electron chi connectivity index (χ0n) is 14.7. The molecule has 0 saturated heterocycles. The summed E-state index contributed by atoms with van der Waals surface area (Å²) < 4.78 is 16.9. The molecule has 1 aliphatic heterocycles. The quantitative estimate of drug-likeness (QED) is 0.582. The van der Waals surface area contributed by atoms with Crippen LogP contribution in [-0.2, 0) is 19.1 Å². The van der Waals surface area contributed by atoms with E-state index in [2.05, 4.69) is 21.9 Å². The Balaban J connectivity index is 2.24. The van der Waals surface area contributed by atoms with Crippen LogP contribution in [0.3, 0.4) is 0 Å². The maximum absolute atomic E-state index is 12.7. The number of allylic oxidation sites excluding steroid dienone is 2. The lowest BCUT2D eigenvalue weighted by Gasteiger charge is -2.33. The molecule has 0 radical (unpaired) electrons. The number of carbonyl (C=O) groups is 2. The highest BCUT2D eigenvalue weighted by molar-refractivity contribution is 9.10. The van der Waals surface area contributed by atoms with E-state index in [1.807, 2.05) is 0 Å². The molecule has 0 spiro atoms. The van der Waals surface area contributed by atoms with Gasteiger partial charge in [0.2, 0.25) is 5.88 Å². The summed E-state index contributed by atoms with van der Waals surface area (Å²) in [7, 11) is 1.25. The summed E-state index contributed by atoms with van der Waals surface area (Å²) >= 11 is 3.43. The van der Waals surface area contributed by atoms with Gasteiger partial charge in [0, 0.05) is 28.5 Å². The van der Waals surface area contributed by atoms with Gasteiger partial charge < -0.3 is 19.9 Å². The van der Waals surface area contributed by atoms with Crippen molar-refractivity contribution in [1.82, 2.24) is 0 Å². The van der Waals surface area contributed by atoms with E-state index in [4.69, 9.17) is 26.4 Å². The average molecular weight is 432 g/mol. The molecule has 1 aliphatic carbocycles. The Morgan fingerprint density at radius 1 is 1.44 bits per heavy atom. The molecule has 1 atom stereocenters. The maximum atomic E-state index is 12.7. The Morgan fingerprint density at radius 2 is 2.22 bits per heavy atom. The number of ether oxygens (including phenoxy) is 3. The third-order valence-electron chi connectivity index (χ3n) is 4.48. The van der Waals surface area contributed by atoms with Crippen LogP contribution in [0.2, 0.25) is 0 Å². The number of benzene rings is 1. The van der Waals surface area contributed by atoms with Crippen LogP contribution >= 0.6 is 15.9 Å². The molecule has 0 saturated carbocycles. The molecule has 2 N–H and O–H groups in total. The number of methoxy groups -OCH3 is 1. The fourth-order valence-electron chi connectivity index (χ4n) is 3.37. The molecule has 1 aromatic rings. The number of rotatable bonds is 4. The third kappa shape index (κ3) is 3.58. The lowest BCUT2D eigenvalue weighted by molar-refractivity contribution is -0.136. The Kier molecular flexibility index (Phi) is 5.57. The average Bonchev–Trinajstić information content (AvgIpc) is 2.65. The van der Waals surface area contributed by atoms with Gasteiger partial charge in [0.25, 0.3) is 0 Å². The summed E-state index contributed by atoms with van der Waals surface area (Å²) in [6.07, 6.45) is 6.93. The summed E-state index contributed by atoms with van der Waals surface area (Å²) in [5.74, 6) is 1.80. The van der Waals surface area contributed by atoms with Crippen LogP contribution in [0.4, 0.5) is 0 Å². The van der Waals surface area contributed by atoms with Gasteiger partial charge in [0.15, 0.2) is 5.78 Å². The first-order valence-electron chi connectivity index (χ1n) is 8.35. The first-order chi connectivity index (χ1) is 13.0. The molecule has 2 aliphatic rings. The van der Waals surface area contributed by atoms with Crippen molar-refractivity contribution in [3.8, 4) is 18.1 Å². The van der Waals surface area contributed by atoms with E-state index in [1.54, 1.807) is 18.2 Å². The van der Waals surface area contributed by atoms with Crippen molar-refractivity contribution in [3.63, 3.8) is 0 Å². The van der Waals surface area contributed by atoms with Gasteiger partial charge in [-0.2, -0.15) is 0 Å². The smallest absolute Gasteiger partial charge is 0.340 e. The standard InChI is InChI=1S/C20H18BrNO5/c1-3-9-26-14-8-7-11(21)10-12(14)16-17-13(23)5-4-6-15(17)27-19(22)18(16)20(24)25-2/h1,7-8,10,16H,4-6,9,22H2,2H3. The molecule has 27 heavy (non-hydrogen) atoms. The fourth-order valence-corrected chi connectivity index (χ4v) is 3.75. The summed E-state index contributed by atoms with van der Waals surface area (Å²) in [5.41, 5.74) is 7.14. The van der Waals surface area contributed by atoms with Crippen molar-refractivity contribution in [2.45, 2.75) is 25.2 Å². The Labute approximate surface area is 165 Å². The van der Waals surface area contributed by atoms with Gasteiger partial charge in [0.1, 0.15) is 23.7 Å². The van der Waals surface area contributed by atoms with Crippen LogP contribution in [-0.4, -0.2) is 25.5 Å². The van der Waals surface area contributed by atoms with E-state index in [1.165, 1.54) is 7.11 Å². The van der Waals surface area contributed by atoms with Gasteiger partial charge in [-0.15, -0.1) is 6.42 Å². The highest BCUT2D eigenvalue weighted by Gasteiger charge is 2.42. The summed E-state index contributed by atoms with van der Waals surface area (Å²) in [6, 6.07) is 5.30. The molecule has 1 aromatic carbocycles. The van der Waals surface area contributed by atoms with Crippen LogP contribution in [0.25, 0.3) is 0 Å². The predicted molar refractivity (Wildman–Crippen MR) is 101 cm³/mol. The highest BCUT2D eigenvalue weighted by Crippen LogP contribution is 2.47. The topological polar surface area (TPSA) is 87.8 Å². The maximum Gasteiger partial charge on any atom is 0.340 e. The van der Waals surface area contributed by atoms with Crippen molar-refractivity contribution in [2.75, 3.05) is 13.7 Å². The molecule has 0 aromatic heterocycles. The second-order valence-electron chi connectivity index (χ2n) is 6.09. The van der Waals surface area contributed by atoms with Gasteiger partial charge >= 0.3 is 5.97 Å². The summed E-state index contributed by atoms with van der Waals surface area (Å²) in [4.78, 5) is 25.2. The van der Waals surface area contributed by atoms with Crippen molar-refractivity contribution < 1.29 is 23.8 Å². The van der Waals surface area contributed by atoms with E-state index < -0.39 is 11.9 Å².